The summed E-state index contributed by atoms with van der Waals surface area (Å²) in [4.78, 5) is 0. The van der Waals surface area contributed by atoms with Crippen LogP contribution in [-0.4, -0.2) is 17.7 Å². The van der Waals surface area contributed by atoms with Gasteiger partial charge in [-0.1, -0.05) is 17.7 Å². The van der Waals surface area contributed by atoms with Crippen molar-refractivity contribution in [3.05, 3.63) is 34.5 Å². The second kappa shape index (κ2) is 4.04. The van der Waals surface area contributed by atoms with Crippen LogP contribution in [0.15, 0.2) is 18.2 Å². The summed E-state index contributed by atoms with van der Waals surface area (Å²) in [6, 6.07) is 6.18. The molecule has 0 bridgehead atoms. The minimum absolute atomic E-state index is 0.645. The third-order valence-corrected chi connectivity index (χ3v) is 4.15. The predicted octanol–water partition coefficient (Wildman–Crippen LogP) is 3.22. The quantitative estimate of drug-likeness (QED) is 0.820. The highest BCUT2D eigenvalue weighted by Gasteiger charge is 2.23. The van der Waals surface area contributed by atoms with Crippen molar-refractivity contribution in [3.63, 3.8) is 0 Å². The molecule has 1 aromatic heterocycles. The summed E-state index contributed by atoms with van der Waals surface area (Å²) in [5.41, 5.74) is 4.12. The molecule has 2 heterocycles. The van der Waals surface area contributed by atoms with Gasteiger partial charge in [0.1, 0.15) is 0 Å². The number of rotatable bonds is 1. The highest BCUT2D eigenvalue weighted by molar-refractivity contribution is 6.31. The molecule has 2 nitrogen and oxygen atoms in total. The van der Waals surface area contributed by atoms with Crippen molar-refractivity contribution < 1.29 is 0 Å². The van der Waals surface area contributed by atoms with E-state index in [1.165, 1.54) is 28.6 Å². The Kier molecular flexibility index (Phi) is 2.64. The average molecular weight is 249 g/mol. The van der Waals surface area contributed by atoms with Crippen molar-refractivity contribution in [2.75, 3.05) is 13.1 Å². The zero-order chi connectivity index (χ0) is 12.0. The third-order valence-electron chi connectivity index (χ3n) is 3.92. The number of hydrogen-bond acceptors (Lipinski definition) is 1. The Hall–Kier alpha value is -0.990. The van der Waals surface area contributed by atoms with Gasteiger partial charge in [0.2, 0.25) is 0 Å². The molecule has 0 aliphatic carbocycles. The summed E-state index contributed by atoms with van der Waals surface area (Å²) in [5.74, 6) is 0.645. The van der Waals surface area contributed by atoms with E-state index < -0.39 is 0 Å². The molecular weight excluding hydrogens is 232 g/mol. The summed E-state index contributed by atoms with van der Waals surface area (Å²) < 4.78 is 2.31. The fourth-order valence-electron chi connectivity index (χ4n) is 3.09. The standard InChI is InChI=1S/C14H17ClN2/c1-9-12-4-3-11(15)7-13(12)17(2)14(9)10-5-6-16-8-10/h3-4,7,10,16H,5-6,8H2,1-2H3. The van der Waals surface area contributed by atoms with Gasteiger partial charge in [-0.15, -0.1) is 0 Å². The first kappa shape index (κ1) is 11.1. The van der Waals surface area contributed by atoms with E-state index in [2.05, 4.69) is 36.0 Å². The van der Waals surface area contributed by atoms with Gasteiger partial charge in [0.15, 0.2) is 0 Å². The van der Waals surface area contributed by atoms with Crippen molar-refractivity contribution >= 4 is 22.5 Å². The molecule has 1 aliphatic rings. The normalized spacial score (nSPS) is 20.3. The molecule has 17 heavy (non-hydrogen) atoms. The van der Waals surface area contributed by atoms with Crippen LogP contribution in [0, 0.1) is 6.92 Å². The van der Waals surface area contributed by atoms with Gasteiger partial charge in [-0.25, -0.2) is 0 Å². The summed E-state index contributed by atoms with van der Waals surface area (Å²) in [5, 5.41) is 5.59. The molecule has 0 radical (unpaired) electrons. The van der Waals surface area contributed by atoms with Crippen LogP contribution in [0.5, 0.6) is 0 Å². The largest absolute Gasteiger partial charge is 0.347 e. The molecule has 0 saturated carbocycles. The fraction of sp³-hybridized carbons (Fsp3) is 0.429. The van der Waals surface area contributed by atoms with E-state index in [0.717, 1.165) is 18.1 Å². The lowest BCUT2D eigenvalue weighted by Crippen LogP contribution is -2.11. The smallest absolute Gasteiger partial charge is 0.0497 e. The molecule has 1 atom stereocenters. The maximum Gasteiger partial charge on any atom is 0.0497 e. The molecule has 1 saturated heterocycles. The molecule has 3 rings (SSSR count). The first-order valence-corrected chi connectivity index (χ1v) is 6.51. The summed E-state index contributed by atoms with van der Waals surface area (Å²) in [6.07, 6.45) is 1.23. The van der Waals surface area contributed by atoms with E-state index in [1.54, 1.807) is 0 Å². The molecule has 1 fully saturated rings. The van der Waals surface area contributed by atoms with E-state index >= 15 is 0 Å². The topological polar surface area (TPSA) is 17.0 Å². The van der Waals surface area contributed by atoms with Crippen molar-refractivity contribution in [2.45, 2.75) is 19.3 Å². The highest BCUT2D eigenvalue weighted by Crippen LogP contribution is 2.33. The second-order valence-corrected chi connectivity index (χ2v) is 5.36. The predicted molar refractivity (Wildman–Crippen MR) is 72.9 cm³/mol. The Bertz CT molecular complexity index is 565. The van der Waals surface area contributed by atoms with Gasteiger partial charge < -0.3 is 9.88 Å². The average Bonchev–Trinajstić information content (AvgIpc) is 2.88. The van der Waals surface area contributed by atoms with Gasteiger partial charge in [0.05, 0.1) is 0 Å². The number of aryl methyl sites for hydroxylation is 2. The minimum Gasteiger partial charge on any atom is -0.347 e. The van der Waals surface area contributed by atoms with Gasteiger partial charge >= 0.3 is 0 Å². The monoisotopic (exact) mass is 248 g/mol. The number of nitrogens with zero attached hydrogens (tertiary/aromatic N) is 1. The van der Waals surface area contributed by atoms with Gasteiger partial charge in [0.25, 0.3) is 0 Å². The Morgan fingerprint density at radius 1 is 1.41 bits per heavy atom. The van der Waals surface area contributed by atoms with Crippen LogP contribution in [-0.2, 0) is 7.05 Å². The number of aromatic nitrogens is 1. The van der Waals surface area contributed by atoms with E-state index in [1.807, 2.05) is 6.07 Å². The third kappa shape index (κ3) is 1.67. The molecule has 2 aromatic rings. The molecule has 1 aliphatic heterocycles. The van der Waals surface area contributed by atoms with Crippen LogP contribution in [0.25, 0.3) is 10.9 Å². The lowest BCUT2D eigenvalue weighted by molar-refractivity contribution is 0.688. The van der Waals surface area contributed by atoms with Crippen LogP contribution in [0.1, 0.15) is 23.6 Å². The maximum absolute atomic E-state index is 6.09. The van der Waals surface area contributed by atoms with E-state index in [4.69, 9.17) is 11.6 Å². The molecule has 1 aromatic carbocycles. The Morgan fingerprint density at radius 3 is 2.94 bits per heavy atom. The van der Waals surface area contributed by atoms with Crippen molar-refractivity contribution in [1.29, 1.82) is 0 Å². The van der Waals surface area contributed by atoms with Crippen molar-refractivity contribution in [2.24, 2.45) is 7.05 Å². The number of fused-ring (bicyclic) bond motifs is 1. The van der Waals surface area contributed by atoms with Crippen LogP contribution >= 0.6 is 11.6 Å². The van der Waals surface area contributed by atoms with Crippen LogP contribution in [0.4, 0.5) is 0 Å². The summed E-state index contributed by atoms with van der Waals surface area (Å²) >= 11 is 6.09. The van der Waals surface area contributed by atoms with Crippen LogP contribution in [0.2, 0.25) is 5.02 Å². The summed E-state index contributed by atoms with van der Waals surface area (Å²) in [7, 11) is 2.15. The zero-order valence-electron chi connectivity index (χ0n) is 10.3. The van der Waals surface area contributed by atoms with Crippen molar-refractivity contribution in [1.82, 2.24) is 9.88 Å². The number of hydrogen-bond donors (Lipinski definition) is 1. The number of benzene rings is 1. The molecule has 3 heteroatoms. The van der Waals surface area contributed by atoms with Gasteiger partial charge in [-0.2, -0.15) is 0 Å². The zero-order valence-corrected chi connectivity index (χ0v) is 11.0. The number of nitrogens with one attached hydrogen (secondary N) is 1. The molecule has 0 amide bonds. The molecule has 1 N–H and O–H groups in total. The molecular formula is C14H17ClN2. The first-order chi connectivity index (χ1) is 8.18. The van der Waals surface area contributed by atoms with E-state index in [-0.39, 0.29) is 0 Å². The highest BCUT2D eigenvalue weighted by atomic mass is 35.5. The SMILES string of the molecule is Cc1c(C2CCNC2)n(C)c2cc(Cl)ccc12. The van der Waals surface area contributed by atoms with Gasteiger partial charge in [-0.3, -0.25) is 0 Å². The summed E-state index contributed by atoms with van der Waals surface area (Å²) in [6.45, 7) is 4.45. The molecule has 1 unspecified atom stereocenters. The lowest BCUT2D eigenvalue weighted by Gasteiger charge is -2.12. The van der Waals surface area contributed by atoms with Crippen LogP contribution in [0.3, 0.4) is 0 Å². The fourth-order valence-corrected chi connectivity index (χ4v) is 3.25. The Morgan fingerprint density at radius 2 is 2.24 bits per heavy atom. The Labute approximate surface area is 107 Å². The van der Waals surface area contributed by atoms with Crippen LogP contribution < -0.4 is 5.32 Å². The Balaban J connectivity index is 2.24. The van der Waals surface area contributed by atoms with Gasteiger partial charge in [0, 0.05) is 41.1 Å². The second-order valence-electron chi connectivity index (χ2n) is 4.92. The van der Waals surface area contributed by atoms with Crippen molar-refractivity contribution in [3.8, 4) is 0 Å². The molecule has 90 valence electrons. The molecule has 0 spiro atoms. The van der Waals surface area contributed by atoms with E-state index in [9.17, 15) is 0 Å². The van der Waals surface area contributed by atoms with E-state index in [0.29, 0.717) is 5.92 Å². The number of halogens is 1. The maximum atomic E-state index is 6.09. The first-order valence-electron chi connectivity index (χ1n) is 6.13. The lowest BCUT2D eigenvalue weighted by atomic mass is 10.0. The van der Waals surface area contributed by atoms with Gasteiger partial charge in [-0.05, 0) is 37.6 Å². The minimum atomic E-state index is 0.645.